The molecule has 0 aromatic heterocycles. The van der Waals surface area contributed by atoms with Crippen LogP contribution in [0.15, 0.2) is 48.5 Å². The number of hydrogen-bond donors (Lipinski definition) is 1. The first-order valence-electron chi connectivity index (χ1n) is 6.86. The molecule has 2 atom stereocenters. The molecule has 0 amide bonds. The van der Waals surface area contributed by atoms with Gasteiger partial charge in [0.05, 0.1) is 6.61 Å². The third-order valence-electron chi connectivity index (χ3n) is 3.16. The maximum atomic E-state index is 6.25. The van der Waals surface area contributed by atoms with Crippen molar-refractivity contribution in [3.05, 3.63) is 64.7 Å². The highest BCUT2D eigenvalue weighted by Gasteiger charge is 2.20. The molecule has 0 aliphatic carbocycles. The van der Waals surface area contributed by atoms with Crippen molar-refractivity contribution < 1.29 is 9.47 Å². The van der Waals surface area contributed by atoms with Crippen LogP contribution in [-0.2, 0) is 11.3 Å². The fourth-order valence-electron chi connectivity index (χ4n) is 2.18. The molecule has 2 aromatic carbocycles. The second-order valence-electron chi connectivity index (χ2n) is 5.00. The summed E-state index contributed by atoms with van der Waals surface area (Å²) >= 11 is 6.25. The van der Waals surface area contributed by atoms with Crippen LogP contribution in [-0.4, -0.2) is 13.2 Å². The van der Waals surface area contributed by atoms with Crippen LogP contribution in [0.25, 0.3) is 0 Å². The lowest BCUT2D eigenvalue weighted by atomic mass is 10.0. The maximum Gasteiger partial charge on any atom is 0.140 e. The summed E-state index contributed by atoms with van der Waals surface area (Å²) in [6, 6.07) is 15.2. The van der Waals surface area contributed by atoms with Crippen molar-refractivity contribution in [2.24, 2.45) is 5.73 Å². The van der Waals surface area contributed by atoms with E-state index in [0.717, 1.165) is 16.9 Å². The van der Waals surface area contributed by atoms with Crippen LogP contribution in [0.5, 0.6) is 5.75 Å². The molecular formula is C17H20ClNO2. The molecule has 112 valence electrons. The summed E-state index contributed by atoms with van der Waals surface area (Å²) in [5.41, 5.74) is 8.02. The highest BCUT2D eigenvalue weighted by Crippen LogP contribution is 2.29. The van der Waals surface area contributed by atoms with Crippen molar-refractivity contribution in [1.29, 1.82) is 0 Å². The molecule has 0 spiro atoms. The minimum atomic E-state index is -0.295. The lowest BCUT2D eigenvalue weighted by Gasteiger charge is -2.24. The zero-order valence-corrected chi connectivity index (χ0v) is 13.0. The minimum Gasteiger partial charge on any atom is -0.484 e. The second kappa shape index (κ2) is 7.46. The monoisotopic (exact) mass is 305 g/mol. The summed E-state index contributed by atoms with van der Waals surface area (Å²) in [4.78, 5) is 0. The average Bonchev–Trinajstić information content (AvgIpc) is 2.46. The van der Waals surface area contributed by atoms with Gasteiger partial charge in [0.25, 0.3) is 0 Å². The molecule has 2 N–H and O–H groups in total. The first-order valence-corrected chi connectivity index (χ1v) is 7.24. The molecule has 0 radical (unpaired) electrons. The molecule has 3 nitrogen and oxygen atoms in total. The highest BCUT2D eigenvalue weighted by atomic mass is 35.5. The van der Waals surface area contributed by atoms with Crippen LogP contribution in [0.1, 0.15) is 24.2 Å². The van der Waals surface area contributed by atoms with Crippen LogP contribution in [0.3, 0.4) is 0 Å². The van der Waals surface area contributed by atoms with E-state index in [1.54, 1.807) is 7.11 Å². The van der Waals surface area contributed by atoms with Crippen molar-refractivity contribution in [3.63, 3.8) is 0 Å². The Hall–Kier alpha value is -1.55. The molecule has 0 bridgehead atoms. The van der Waals surface area contributed by atoms with Gasteiger partial charge < -0.3 is 15.2 Å². The van der Waals surface area contributed by atoms with Gasteiger partial charge in [-0.25, -0.2) is 0 Å². The zero-order chi connectivity index (χ0) is 15.2. The molecule has 4 heteroatoms. The standard InChI is InChI=1S/C17H20ClNO2/c1-12(19)17(15-8-3-4-9-16(15)18)21-14-7-5-6-13(10-14)11-20-2/h3-10,12,17H,11,19H2,1-2H3. The summed E-state index contributed by atoms with van der Waals surface area (Å²) < 4.78 is 11.2. The third-order valence-corrected chi connectivity index (χ3v) is 3.51. The Kier molecular flexibility index (Phi) is 5.62. The highest BCUT2D eigenvalue weighted by molar-refractivity contribution is 6.31. The van der Waals surface area contributed by atoms with Crippen molar-refractivity contribution in [1.82, 2.24) is 0 Å². The van der Waals surface area contributed by atoms with Gasteiger partial charge in [-0.2, -0.15) is 0 Å². The van der Waals surface area contributed by atoms with E-state index < -0.39 is 0 Å². The second-order valence-corrected chi connectivity index (χ2v) is 5.41. The van der Waals surface area contributed by atoms with Gasteiger partial charge in [-0.1, -0.05) is 41.9 Å². The van der Waals surface area contributed by atoms with Crippen LogP contribution in [0.2, 0.25) is 5.02 Å². The summed E-state index contributed by atoms with van der Waals surface area (Å²) in [7, 11) is 1.67. The van der Waals surface area contributed by atoms with Gasteiger partial charge in [-0.3, -0.25) is 0 Å². The number of hydrogen-bond acceptors (Lipinski definition) is 3. The van der Waals surface area contributed by atoms with Crippen LogP contribution >= 0.6 is 11.6 Å². The van der Waals surface area contributed by atoms with Gasteiger partial charge in [0.2, 0.25) is 0 Å². The van der Waals surface area contributed by atoms with Crippen molar-refractivity contribution in [2.45, 2.75) is 25.7 Å². The van der Waals surface area contributed by atoms with E-state index >= 15 is 0 Å². The van der Waals surface area contributed by atoms with Crippen molar-refractivity contribution >= 4 is 11.6 Å². The van der Waals surface area contributed by atoms with E-state index in [2.05, 4.69) is 0 Å². The Balaban J connectivity index is 2.25. The summed E-state index contributed by atoms with van der Waals surface area (Å²) in [6.07, 6.45) is -0.295. The van der Waals surface area contributed by atoms with E-state index in [1.807, 2.05) is 55.5 Å². The summed E-state index contributed by atoms with van der Waals surface area (Å²) in [6.45, 7) is 2.46. The number of ether oxygens (including phenoxy) is 2. The predicted molar refractivity (Wildman–Crippen MR) is 85.6 cm³/mol. The minimum absolute atomic E-state index is 0.184. The number of nitrogens with two attached hydrogens (primary N) is 1. The molecule has 2 aromatic rings. The largest absolute Gasteiger partial charge is 0.484 e. The molecular weight excluding hydrogens is 286 g/mol. The first kappa shape index (κ1) is 15.8. The Labute approximate surface area is 130 Å². The fraction of sp³-hybridized carbons (Fsp3) is 0.294. The van der Waals surface area contributed by atoms with Gasteiger partial charge in [-0.05, 0) is 30.7 Å². The average molecular weight is 306 g/mol. The lowest BCUT2D eigenvalue weighted by Crippen LogP contribution is -2.29. The van der Waals surface area contributed by atoms with E-state index in [0.29, 0.717) is 11.6 Å². The number of methoxy groups -OCH3 is 1. The lowest BCUT2D eigenvalue weighted by molar-refractivity contribution is 0.175. The quantitative estimate of drug-likeness (QED) is 0.878. The predicted octanol–water partition coefficient (Wildman–Crippen LogP) is 3.95. The Bertz CT molecular complexity index is 587. The molecule has 0 fully saturated rings. The molecule has 0 saturated heterocycles. The van der Waals surface area contributed by atoms with Gasteiger partial charge in [0.1, 0.15) is 11.9 Å². The van der Waals surface area contributed by atoms with Crippen molar-refractivity contribution in [2.75, 3.05) is 7.11 Å². The third kappa shape index (κ3) is 4.21. The molecule has 0 heterocycles. The smallest absolute Gasteiger partial charge is 0.140 e. The van der Waals surface area contributed by atoms with Crippen molar-refractivity contribution in [3.8, 4) is 5.75 Å². The van der Waals surface area contributed by atoms with E-state index in [-0.39, 0.29) is 12.1 Å². The zero-order valence-electron chi connectivity index (χ0n) is 12.3. The Morgan fingerprint density at radius 2 is 1.90 bits per heavy atom. The van der Waals surface area contributed by atoms with E-state index in [4.69, 9.17) is 26.8 Å². The maximum absolute atomic E-state index is 6.25. The van der Waals surface area contributed by atoms with Gasteiger partial charge >= 0.3 is 0 Å². The molecule has 0 saturated carbocycles. The van der Waals surface area contributed by atoms with Crippen LogP contribution in [0, 0.1) is 0 Å². The molecule has 2 unspecified atom stereocenters. The van der Waals surface area contributed by atoms with Crippen LogP contribution in [0.4, 0.5) is 0 Å². The SMILES string of the molecule is COCc1cccc(OC(c2ccccc2Cl)C(C)N)c1. The summed E-state index contributed by atoms with van der Waals surface area (Å²) in [5.74, 6) is 0.756. The van der Waals surface area contributed by atoms with Gasteiger partial charge in [0.15, 0.2) is 0 Å². The topological polar surface area (TPSA) is 44.5 Å². The first-order chi connectivity index (χ1) is 10.1. The number of halogens is 1. The Morgan fingerprint density at radius 1 is 1.14 bits per heavy atom. The molecule has 0 aliphatic heterocycles. The number of benzene rings is 2. The normalized spacial score (nSPS) is 13.7. The Morgan fingerprint density at radius 3 is 2.57 bits per heavy atom. The van der Waals surface area contributed by atoms with Crippen LogP contribution < -0.4 is 10.5 Å². The van der Waals surface area contributed by atoms with Gasteiger partial charge in [0, 0.05) is 23.7 Å². The van der Waals surface area contributed by atoms with E-state index in [1.165, 1.54) is 0 Å². The van der Waals surface area contributed by atoms with Gasteiger partial charge in [-0.15, -0.1) is 0 Å². The fourth-order valence-corrected chi connectivity index (χ4v) is 2.43. The summed E-state index contributed by atoms with van der Waals surface area (Å²) in [5, 5.41) is 0.660. The molecule has 0 aliphatic rings. The molecule has 21 heavy (non-hydrogen) atoms. The van der Waals surface area contributed by atoms with E-state index in [9.17, 15) is 0 Å². The molecule has 2 rings (SSSR count). The number of rotatable bonds is 6.